The first-order chi connectivity index (χ1) is 16.9. The molecule has 0 spiro atoms. The van der Waals surface area contributed by atoms with Gasteiger partial charge in [-0.3, -0.25) is 19.8 Å². The zero-order chi connectivity index (χ0) is 24.6. The minimum absolute atomic E-state index is 0.0757. The maximum absolute atomic E-state index is 14.2. The summed E-state index contributed by atoms with van der Waals surface area (Å²) >= 11 is 0. The van der Waals surface area contributed by atoms with Crippen LogP contribution in [0, 0.1) is 5.92 Å². The fourth-order valence-electron chi connectivity index (χ4n) is 5.33. The first-order valence-corrected chi connectivity index (χ1v) is 12.6. The third-order valence-corrected chi connectivity index (χ3v) is 7.56. The number of amides is 2. The zero-order valence-electron chi connectivity index (χ0n) is 20.5. The molecule has 1 N–H and O–H groups in total. The van der Waals surface area contributed by atoms with Gasteiger partial charge >= 0.3 is 0 Å². The van der Waals surface area contributed by atoms with Gasteiger partial charge < -0.3 is 14.5 Å². The molecule has 2 unspecified atom stereocenters. The lowest BCUT2D eigenvalue weighted by atomic mass is 9.95. The summed E-state index contributed by atoms with van der Waals surface area (Å²) in [5.74, 6) is 0.807. The first kappa shape index (κ1) is 23.9. The highest BCUT2D eigenvalue weighted by Gasteiger charge is 2.36. The number of rotatable bonds is 5. The highest BCUT2D eigenvalue weighted by Crippen LogP contribution is 2.32. The lowest BCUT2D eigenvalue weighted by Gasteiger charge is -2.40. The Balaban J connectivity index is 1.30. The molecule has 2 atom stereocenters. The number of pyridine rings is 1. The standard InChI is InChI=1S/C26H34FN5O3/c1-26(27)7-11-30(12-8-26)24(33)20-14-18-4-3-9-31(23(18)29-17-20)21-5-10-32-22(15-21)28-16-19(25(32)34)6-13-35-2/h5,10,14-15,17,19,22,28H,3-4,6-9,11-13,16H2,1-2H3. The number of fused-ring (bicyclic) bond motifs is 2. The van der Waals surface area contributed by atoms with E-state index >= 15 is 0 Å². The SMILES string of the molecule is COCCC1CNC2C=C(N3CCCc4cc(C(=O)N5CCC(C)(F)CC5)cnc43)C=CN2C1=O. The molecule has 0 bridgehead atoms. The van der Waals surface area contributed by atoms with E-state index in [2.05, 4.69) is 16.3 Å². The molecule has 2 fully saturated rings. The molecule has 2 saturated heterocycles. The summed E-state index contributed by atoms with van der Waals surface area (Å²) in [6.45, 7) is 4.48. The first-order valence-electron chi connectivity index (χ1n) is 12.6. The molecule has 4 aliphatic rings. The van der Waals surface area contributed by atoms with Gasteiger partial charge in [0.2, 0.25) is 5.91 Å². The molecule has 0 aliphatic carbocycles. The molecule has 4 aliphatic heterocycles. The second-order valence-electron chi connectivity index (χ2n) is 10.2. The third-order valence-electron chi connectivity index (χ3n) is 7.56. The second-order valence-corrected chi connectivity index (χ2v) is 10.2. The molecule has 5 rings (SSSR count). The number of aromatic nitrogens is 1. The molecular weight excluding hydrogens is 449 g/mol. The maximum Gasteiger partial charge on any atom is 0.255 e. The van der Waals surface area contributed by atoms with Gasteiger partial charge in [-0.1, -0.05) is 0 Å². The number of ether oxygens (including phenoxy) is 1. The fraction of sp³-hybridized carbons (Fsp3) is 0.577. The summed E-state index contributed by atoms with van der Waals surface area (Å²) < 4.78 is 19.3. The minimum atomic E-state index is -1.19. The largest absolute Gasteiger partial charge is 0.385 e. The molecule has 5 heterocycles. The molecule has 0 radical (unpaired) electrons. The highest BCUT2D eigenvalue weighted by atomic mass is 19.1. The van der Waals surface area contributed by atoms with Gasteiger partial charge in [0, 0.05) is 58.0 Å². The van der Waals surface area contributed by atoms with Crippen LogP contribution in [0.1, 0.15) is 48.5 Å². The number of allylic oxidation sites excluding steroid dienone is 1. The van der Waals surface area contributed by atoms with E-state index in [9.17, 15) is 14.0 Å². The number of piperidine rings is 1. The summed E-state index contributed by atoms with van der Waals surface area (Å²) in [6.07, 6.45) is 10.6. The zero-order valence-corrected chi connectivity index (χ0v) is 20.5. The van der Waals surface area contributed by atoms with Crippen molar-refractivity contribution < 1.29 is 18.7 Å². The number of nitrogens with zero attached hydrogens (tertiary/aromatic N) is 4. The number of carbonyl (C=O) groups excluding carboxylic acids is 2. The van der Waals surface area contributed by atoms with Crippen LogP contribution in [-0.2, 0) is 16.0 Å². The van der Waals surface area contributed by atoms with Crippen LogP contribution in [0.15, 0.2) is 36.3 Å². The van der Waals surface area contributed by atoms with E-state index in [-0.39, 0.29) is 23.9 Å². The number of hydrogen-bond donors (Lipinski definition) is 1. The normalized spacial score (nSPS) is 25.7. The van der Waals surface area contributed by atoms with Gasteiger partial charge in [-0.15, -0.1) is 0 Å². The van der Waals surface area contributed by atoms with Crippen LogP contribution in [0.3, 0.4) is 0 Å². The van der Waals surface area contributed by atoms with Crippen molar-refractivity contribution in [2.75, 3.05) is 44.8 Å². The van der Waals surface area contributed by atoms with Crippen LogP contribution in [0.2, 0.25) is 0 Å². The molecule has 8 nitrogen and oxygen atoms in total. The summed E-state index contributed by atoms with van der Waals surface area (Å²) in [5, 5.41) is 3.47. The molecule has 0 aromatic carbocycles. The molecule has 1 aromatic heterocycles. The molecule has 188 valence electrons. The molecule has 1 aromatic rings. The van der Waals surface area contributed by atoms with Crippen molar-refractivity contribution in [2.45, 2.75) is 50.9 Å². The summed E-state index contributed by atoms with van der Waals surface area (Å²) in [6, 6.07) is 1.95. The van der Waals surface area contributed by atoms with Gasteiger partial charge in [-0.05, 0) is 62.8 Å². The number of methoxy groups -OCH3 is 1. The monoisotopic (exact) mass is 483 g/mol. The Morgan fingerprint density at radius 3 is 2.89 bits per heavy atom. The number of alkyl halides is 1. The maximum atomic E-state index is 14.2. The summed E-state index contributed by atoms with van der Waals surface area (Å²) in [5.41, 5.74) is 1.41. The summed E-state index contributed by atoms with van der Waals surface area (Å²) in [7, 11) is 1.65. The van der Waals surface area contributed by atoms with Crippen molar-refractivity contribution in [3.8, 4) is 0 Å². The van der Waals surface area contributed by atoms with Crippen molar-refractivity contribution in [1.29, 1.82) is 0 Å². The van der Waals surface area contributed by atoms with Crippen LogP contribution in [-0.4, -0.2) is 78.3 Å². The van der Waals surface area contributed by atoms with Crippen LogP contribution >= 0.6 is 0 Å². The molecular formula is C26H34FN5O3. The average molecular weight is 484 g/mol. The van der Waals surface area contributed by atoms with E-state index in [0.717, 1.165) is 36.5 Å². The Labute approximate surface area is 205 Å². The second kappa shape index (κ2) is 9.70. The average Bonchev–Trinajstić information content (AvgIpc) is 2.87. The molecule has 9 heteroatoms. The quantitative estimate of drug-likeness (QED) is 0.694. The highest BCUT2D eigenvalue weighted by molar-refractivity contribution is 5.94. The van der Waals surface area contributed by atoms with E-state index in [1.165, 1.54) is 0 Å². The van der Waals surface area contributed by atoms with E-state index in [1.54, 1.807) is 30.0 Å². The Morgan fingerprint density at radius 1 is 1.31 bits per heavy atom. The number of likely N-dealkylation sites (tertiary alicyclic amines) is 1. The van der Waals surface area contributed by atoms with Gasteiger partial charge in [0.1, 0.15) is 17.7 Å². The fourth-order valence-corrected chi connectivity index (χ4v) is 5.33. The van der Waals surface area contributed by atoms with Gasteiger partial charge in [-0.25, -0.2) is 9.37 Å². The van der Waals surface area contributed by atoms with Crippen LogP contribution in [0.5, 0.6) is 0 Å². The van der Waals surface area contributed by atoms with Gasteiger partial charge in [0.05, 0.1) is 11.5 Å². The van der Waals surface area contributed by atoms with Gasteiger partial charge in [0.15, 0.2) is 0 Å². The van der Waals surface area contributed by atoms with E-state index in [4.69, 9.17) is 9.72 Å². The smallest absolute Gasteiger partial charge is 0.255 e. The number of nitrogens with one attached hydrogen (secondary N) is 1. The topological polar surface area (TPSA) is 78.0 Å². The minimum Gasteiger partial charge on any atom is -0.385 e. The predicted octanol–water partition coefficient (Wildman–Crippen LogP) is 2.62. The van der Waals surface area contributed by atoms with Crippen molar-refractivity contribution >= 4 is 17.6 Å². The van der Waals surface area contributed by atoms with Crippen molar-refractivity contribution in [3.05, 3.63) is 47.4 Å². The number of anilines is 1. The Kier molecular flexibility index (Phi) is 6.63. The predicted molar refractivity (Wildman–Crippen MR) is 130 cm³/mol. The molecule has 0 saturated carbocycles. The van der Waals surface area contributed by atoms with E-state index < -0.39 is 5.67 Å². The van der Waals surface area contributed by atoms with Crippen LogP contribution in [0.25, 0.3) is 0 Å². The van der Waals surface area contributed by atoms with E-state index in [0.29, 0.717) is 51.1 Å². The summed E-state index contributed by atoms with van der Waals surface area (Å²) in [4.78, 5) is 36.3. The Hall–Kier alpha value is -2.78. The number of hydrogen-bond acceptors (Lipinski definition) is 6. The Bertz CT molecular complexity index is 1050. The van der Waals surface area contributed by atoms with Gasteiger partial charge in [0.25, 0.3) is 5.91 Å². The van der Waals surface area contributed by atoms with E-state index in [1.807, 2.05) is 18.3 Å². The molecule has 35 heavy (non-hydrogen) atoms. The Morgan fingerprint density at radius 2 is 2.11 bits per heavy atom. The van der Waals surface area contributed by atoms with Crippen LogP contribution in [0.4, 0.5) is 10.2 Å². The third kappa shape index (κ3) is 4.84. The van der Waals surface area contributed by atoms with Crippen molar-refractivity contribution in [2.24, 2.45) is 5.92 Å². The number of aryl methyl sites for hydroxylation is 1. The number of halogens is 1. The lowest BCUT2D eigenvalue weighted by molar-refractivity contribution is -0.138. The number of carbonyl (C=O) groups is 2. The lowest BCUT2D eigenvalue weighted by Crippen LogP contribution is -2.56. The van der Waals surface area contributed by atoms with Crippen LogP contribution < -0.4 is 10.2 Å². The van der Waals surface area contributed by atoms with Crippen molar-refractivity contribution in [3.63, 3.8) is 0 Å². The molecule has 2 amide bonds. The van der Waals surface area contributed by atoms with Gasteiger partial charge in [-0.2, -0.15) is 0 Å². The van der Waals surface area contributed by atoms with Crippen molar-refractivity contribution in [1.82, 2.24) is 20.1 Å².